The predicted octanol–water partition coefficient (Wildman–Crippen LogP) is 4.36. The lowest BCUT2D eigenvalue weighted by atomic mass is 10.2. The van der Waals surface area contributed by atoms with Crippen LogP contribution in [0, 0.1) is 27.7 Å². The molecule has 0 atom stereocenters. The normalized spacial score (nSPS) is 11.0. The number of phenolic OH excluding ortho intramolecular Hbond substituents is 1. The first kappa shape index (κ1) is 17.7. The van der Waals surface area contributed by atoms with E-state index in [1.807, 2.05) is 13.8 Å². The van der Waals surface area contributed by atoms with Crippen molar-refractivity contribution in [1.29, 1.82) is 0 Å². The van der Waals surface area contributed by atoms with E-state index < -0.39 is 0 Å². The van der Waals surface area contributed by atoms with Crippen molar-refractivity contribution >= 4 is 44.9 Å². The Balaban J connectivity index is 1.78. The molecule has 3 rings (SSSR count). The maximum atomic E-state index is 12.3. The Morgan fingerprint density at radius 3 is 2.76 bits per heavy atom. The average Bonchev–Trinajstić information content (AvgIpc) is 2.83. The molecule has 130 valence electrons. The van der Waals surface area contributed by atoms with E-state index >= 15 is 0 Å². The third-order valence-corrected chi connectivity index (χ3v) is 5.95. The summed E-state index contributed by atoms with van der Waals surface area (Å²) >= 11 is 3.04. The number of thioether (sulfide) groups is 1. The van der Waals surface area contributed by atoms with Crippen molar-refractivity contribution < 1.29 is 9.90 Å². The van der Waals surface area contributed by atoms with Gasteiger partial charge in [-0.05, 0) is 51.0 Å². The van der Waals surface area contributed by atoms with Crippen LogP contribution in [-0.4, -0.2) is 26.7 Å². The molecule has 0 spiro atoms. The number of aromatic hydroxyl groups is 1. The highest BCUT2D eigenvalue weighted by Crippen LogP contribution is 2.35. The summed E-state index contributed by atoms with van der Waals surface area (Å²) in [6.07, 6.45) is 0. The number of hydrogen-bond donors (Lipinski definition) is 2. The molecule has 1 aromatic carbocycles. The van der Waals surface area contributed by atoms with Crippen LogP contribution in [0.3, 0.4) is 0 Å². The zero-order valence-corrected chi connectivity index (χ0v) is 16.1. The summed E-state index contributed by atoms with van der Waals surface area (Å²) in [4.78, 5) is 23.5. The van der Waals surface area contributed by atoms with Gasteiger partial charge in [0.1, 0.15) is 21.4 Å². The van der Waals surface area contributed by atoms with E-state index in [9.17, 15) is 9.90 Å². The highest BCUT2D eigenvalue weighted by atomic mass is 32.2. The second kappa shape index (κ2) is 7.01. The van der Waals surface area contributed by atoms with Gasteiger partial charge < -0.3 is 10.4 Å². The van der Waals surface area contributed by atoms with Gasteiger partial charge >= 0.3 is 0 Å². The summed E-state index contributed by atoms with van der Waals surface area (Å²) in [6.45, 7) is 7.89. The Hall–Kier alpha value is -2.12. The fourth-order valence-electron chi connectivity index (χ4n) is 2.49. The average molecular weight is 374 g/mol. The molecule has 0 unspecified atom stereocenters. The van der Waals surface area contributed by atoms with Crippen LogP contribution >= 0.6 is 23.1 Å². The molecule has 2 heterocycles. The summed E-state index contributed by atoms with van der Waals surface area (Å²) in [6, 6.07) is 5.12. The predicted molar refractivity (Wildman–Crippen MR) is 104 cm³/mol. The third kappa shape index (κ3) is 3.77. The van der Waals surface area contributed by atoms with Crippen LogP contribution in [0.1, 0.15) is 21.8 Å². The summed E-state index contributed by atoms with van der Waals surface area (Å²) in [7, 11) is 0. The van der Waals surface area contributed by atoms with Gasteiger partial charge in [0.05, 0.1) is 11.4 Å². The van der Waals surface area contributed by atoms with Crippen molar-refractivity contribution in [2.45, 2.75) is 32.7 Å². The van der Waals surface area contributed by atoms with Crippen LogP contribution in [0.4, 0.5) is 5.69 Å². The molecule has 0 radical (unpaired) electrons. The molecule has 0 aliphatic rings. The van der Waals surface area contributed by atoms with Crippen molar-refractivity contribution in [2.75, 3.05) is 11.1 Å². The number of anilines is 1. The lowest BCUT2D eigenvalue weighted by Gasteiger charge is -2.09. The topological polar surface area (TPSA) is 75.1 Å². The van der Waals surface area contributed by atoms with Gasteiger partial charge in [-0.2, -0.15) is 0 Å². The molecule has 1 amide bonds. The van der Waals surface area contributed by atoms with E-state index in [1.165, 1.54) is 22.2 Å². The van der Waals surface area contributed by atoms with E-state index in [4.69, 9.17) is 0 Å². The maximum Gasteiger partial charge on any atom is 0.234 e. The largest absolute Gasteiger partial charge is 0.506 e. The van der Waals surface area contributed by atoms with Crippen LogP contribution in [0.15, 0.2) is 23.2 Å². The van der Waals surface area contributed by atoms with Crippen LogP contribution < -0.4 is 5.32 Å². The van der Waals surface area contributed by atoms with Gasteiger partial charge in [-0.3, -0.25) is 4.79 Å². The van der Waals surface area contributed by atoms with Crippen molar-refractivity contribution in [1.82, 2.24) is 9.97 Å². The van der Waals surface area contributed by atoms with Gasteiger partial charge in [0.2, 0.25) is 5.91 Å². The Morgan fingerprint density at radius 2 is 2.00 bits per heavy atom. The molecule has 5 nitrogen and oxygen atoms in total. The van der Waals surface area contributed by atoms with Crippen molar-refractivity contribution in [3.05, 3.63) is 40.0 Å². The molecular formula is C18H19N3O2S2. The van der Waals surface area contributed by atoms with Crippen LogP contribution in [0.25, 0.3) is 10.2 Å². The number of nitrogens with one attached hydrogen (secondary N) is 1. The summed E-state index contributed by atoms with van der Waals surface area (Å²) < 4.78 is 0. The fraction of sp³-hybridized carbons (Fsp3) is 0.278. The SMILES string of the molecule is Cc1ccc(O)c(NC(=O)CSc2nc(C)nc3sc(C)c(C)c23)c1. The smallest absolute Gasteiger partial charge is 0.234 e. The Labute approximate surface area is 154 Å². The minimum atomic E-state index is -0.181. The molecule has 7 heteroatoms. The van der Waals surface area contributed by atoms with Gasteiger partial charge in [-0.1, -0.05) is 17.8 Å². The second-order valence-corrected chi connectivity index (χ2v) is 8.06. The van der Waals surface area contributed by atoms with Gasteiger partial charge in [0.25, 0.3) is 0 Å². The number of phenols is 1. The summed E-state index contributed by atoms with van der Waals surface area (Å²) in [5.41, 5.74) is 2.56. The fourth-order valence-corrected chi connectivity index (χ4v) is 4.56. The van der Waals surface area contributed by atoms with Gasteiger partial charge in [-0.25, -0.2) is 9.97 Å². The van der Waals surface area contributed by atoms with Crippen LogP contribution in [-0.2, 0) is 4.79 Å². The number of aryl methyl sites for hydroxylation is 4. The number of aromatic nitrogens is 2. The lowest BCUT2D eigenvalue weighted by molar-refractivity contribution is -0.113. The number of thiophene rings is 1. The van der Waals surface area contributed by atoms with E-state index in [0.29, 0.717) is 11.5 Å². The van der Waals surface area contributed by atoms with E-state index in [2.05, 4.69) is 29.1 Å². The molecule has 0 saturated carbocycles. The first-order valence-corrected chi connectivity index (χ1v) is 9.62. The molecule has 0 saturated heterocycles. The molecule has 25 heavy (non-hydrogen) atoms. The molecule has 0 fully saturated rings. The number of nitrogens with zero attached hydrogens (tertiary/aromatic N) is 2. The Kier molecular flexibility index (Phi) is 4.96. The lowest BCUT2D eigenvalue weighted by Crippen LogP contribution is -2.14. The van der Waals surface area contributed by atoms with Crippen LogP contribution in [0.5, 0.6) is 5.75 Å². The van der Waals surface area contributed by atoms with Crippen molar-refractivity contribution in [3.8, 4) is 5.75 Å². The van der Waals surface area contributed by atoms with Crippen molar-refractivity contribution in [3.63, 3.8) is 0 Å². The maximum absolute atomic E-state index is 12.3. The van der Waals surface area contributed by atoms with Gasteiger partial charge in [-0.15, -0.1) is 11.3 Å². The standard InChI is InChI=1S/C18H19N3O2S2/c1-9-5-6-14(22)13(7-9)21-15(23)8-24-17-16-10(2)11(3)25-18(16)20-12(4)19-17/h5-7,22H,8H2,1-4H3,(H,21,23). The number of carbonyl (C=O) groups is 1. The number of hydrogen-bond acceptors (Lipinski definition) is 6. The highest BCUT2D eigenvalue weighted by Gasteiger charge is 2.15. The number of carbonyl (C=O) groups excluding carboxylic acids is 1. The van der Waals surface area contributed by atoms with E-state index in [-0.39, 0.29) is 17.4 Å². The second-order valence-electron chi connectivity index (χ2n) is 5.90. The molecule has 0 aliphatic heterocycles. The van der Waals surface area contributed by atoms with Crippen molar-refractivity contribution in [2.24, 2.45) is 0 Å². The Morgan fingerprint density at radius 1 is 1.24 bits per heavy atom. The summed E-state index contributed by atoms with van der Waals surface area (Å²) in [5, 5.41) is 14.5. The molecular weight excluding hydrogens is 354 g/mol. The number of fused-ring (bicyclic) bond motifs is 1. The quantitative estimate of drug-likeness (QED) is 0.404. The molecule has 3 aromatic rings. The highest BCUT2D eigenvalue weighted by molar-refractivity contribution is 8.00. The zero-order valence-electron chi connectivity index (χ0n) is 14.5. The molecule has 0 aliphatic carbocycles. The van der Waals surface area contributed by atoms with Gasteiger partial charge in [0, 0.05) is 10.3 Å². The van der Waals surface area contributed by atoms with E-state index in [0.717, 1.165) is 20.8 Å². The van der Waals surface area contributed by atoms with Crippen LogP contribution in [0.2, 0.25) is 0 Å². The third-order valence-electron chi connectivity index (χ3n) is 3.87. The monoisotopic (exact) mass is 373 g/mol. The Bertz CT molecular complexity index is 967. The molecule has 2 aromatic heterocycles. The molecule has 0 bridgehead atoms. The summed E-state index contributed by atoms with van der Waals surface area (Å²) in [5.74, 6) is 0.800. The first-order chi connectivity index (χ1) is 11.8. The first-order valence-electron chi connectivity index (χ1n) is 7.81. The minimum absolute atomic E-state index is 0.0634. The number of amides is 1. The molecule has 2 N–H and O–H groups in total. The van der Waals surface area contributed by atoms with Gasteiger partial charge in [0.15, 0.2) is 0 Å². The minimum Gasteiger partial charge on any atom is -0.506 e. The number of rotatable bonds is 4. The van der Waals surface area contributed by atoms with E-state index in [1.54, 1.807) is 29.5 Å². The number of benzene rings is 1. The zero-order chi connectivity index (χ0) is 18.1.